The monoisotopic (exact) mass is 406 g/mol. The SMILES string of the molecule is Cn1cc(-c2cc3c(Br)ccnc3n2COCC[Si](C)(C)C)cn1. The van der Waals surface area contributed by atoms with Crippen LogP contribution in [0, 0.1) is 0 Å². The van der Waals surface area contributed by atoms with Crippen LogP contribution in [-0.2, 0) is 18.5 Å². The van der Waals surface area contributed by atoms with E-state index in [2.05, 4.69) is 56.3 Å². The Morgan fingerprint density at radius 2 is 2.08 bits per heavy atom. The highest BCUT2D eigenvalue weighted by Gasteiger charge is 2.16. The second-order valence-corrected chi connectivity index (χ2v) is 13.7. The Balaban J connectivity index is 1.93. The van der Waals surface area contributed by atoms with Crippen LogP contribution in [0.2, 0.25) is 25.7 Å². The van der Waals surface area contributed by atoms with Crippen molar-refractivity contribution in [2.75, 3.05) is 6.61 Å². The van der Waals surface area contributed by atoms with Gasteiger partial charge in [0.25, 0.3) is 0 Å². The number of rotatable bonds is 6. The molecule has 0 radical (unpaired) electrons. The van der Waals surface area contributed by atoms with Crippen LogP contribution in [0.4, 0.5) is 0 Å². The molecular formula is C17H23BrN4OSi. The van der Waals surface area contributed by atoms with Crippen molar-refractivity contribution in [1.82, 2.24) is 19.3 Å². The Morgan fingerprint density at radius 3 is 2.75 bits per heavy atom. The zero-order valence-electron chi connectivity index (χ0n) is 14.6. The molecule has 0 saturated heterocycles. The van der Waals surface area contributed by atoms with Gasteiger partial charge >= 0.3 is 0 Å². The maximum Gasteiger partial charge on any atom is 0.143 e. The standard InChI is InChI=1S/C17H23BrN4OSi/c1-21-11-13(10-20-21)16-9-14-15(18)5-6-19-17(14)22(16)12-23-7-8-24(2,3)4/h5-6,9-11H,7-8,12H2,1-4H3. The predicted molar refractivity (Wildman–Crippen MR) is 104 cm³/mol. The molecule has 3 aromatic rings. The number of fused-ring (bicyclic) bond motifs is 1. The fraction of sp³-hybridized carbons (Fsp3) is 0.412. The lowest BCUT2D eigenvalue weighted by molar-refractivity contribution is 0.0909. The van der Waals surface area contributed by atoms with Crippen molar-refractivity contribution in [3.05, 3.63) is 35.2 Å². The van der Waals surface area contributed by atoms with Crippen LogP contribution in [0.1, 0.15) is 0 Å². The second-order valence-electron chi connectivity index (χ2n) is 7.24. The van der Waals surface area contributed by atoms with Crippen LogP contribution >= 0.6 is 15.9 Å². The zero-order valence-corrected chi connectivity index (χ0v) is 17.2. The summed E-state index contributed by atoms with van der Waals surface area (Å²) >= 11 is 3.62. The summed E-state index contributed by atoms with van der Waals surface area (Å²) in [5.41, 5.74) is 3.07. The largest absolute Gasteiger partial charge is 0.361 e. The molecule has 128 valence electrons. The highest BCUT2D eigenvalue weighted by Crippen LogP contribution is 2.31. The van der Waals surface area contributed by atoms with Gasteiger partial charge in [-0.15, -0.1) is 0 Å². The van der Waals surface area contributed by atoms with Gasteiger partial charge in [0.15, 0.2) is 0 Å². The molecule has 0 saturated carbocycles. The Labute approximate surface area is 151 Å². The maximum absolute atomic E-state index is 5.99. The van der Waals surface area contributed by atoms with E-state index < -0.39 is 8.07 Å². The van der Waals surface area contributed by atoms with E-state index >= 15 is 0 Å². The number of aryl methyl sites for hydroxylation is 1. The van der Waals surface area contributed by atoms with Crippen LogP contribution < -0.4 is 0 Å². The molecular weight excluding hydrogens is 384 g/mol. The van der Waals surface area contributed by atoms with E-state index in [1.807, 2.05) is 36.4 Å². The number of nitrogens with zero attached hydrogens (tertiary/aromatic N) is 4. The number of pyridine rings is 1. The van der Waals surface area contributed by atoms with E-state index in [9.17, 15) is 0 Å². The molecule has 0 aliphatic heterocycles. The molecule has 3 rings (SSSR count). The van der Waals surface area contributed by atoms with Crippen molar-refractivity contribution >= 4 is 35.0 Å². The topological polar surface area (TPSA) is 44.9 Å². The number of aromatic nitrogens is 4. The molecule has 0 aromatic carbocycles. The van der Waals surface area contributed by atoms with Gasteiger partial charge in [0.2, 0.25) is 0 Å². The third-order valence-electron chi connectivity index (χ3n) is 3.96. The van der Waals surface area contributed by atoms with Gasteiger partial charge in [-0.25, -0.2) is 4.98 Å². The Morgan fingerprint density at radius 1 is 1.29 bits per heavy atom. The first kappa shape index (κ1) is 17.4. The number of halogens is 1. The van der Waals surface area contributed by atoms with E-state index in [-0.39, 0.29) is 0 Å². The summed E-state index contributed by atoms with van der Waals surface area (Å²) in [5, 5.41) is 5.38. The van der Waals surface area contributed by atoms with E-state index in [4.69, 9.17) is 4.74 Å². The van der Waals surface area contributed by atoms with Crippen molar-refractivity contribution in [3.63, 3.8) is 0 Å². The average Bonchev–Trinajstić information content (AvgIpc) is 3.07. The van der Waals surface area contributed by atoms with Gasteiger partial charge in [0.05, 0.1) is 11.9 Å². The van der Waals surface area contributed by atoms with E-state index in [0.29, 0.717) is 6.73 Å². The first-order valence-corrected chi connectivity index (χ1v) is 12.6. The lowest BCUT2D eigenvalue weighted by Crippen LogP contribution is -2.22. The lowest BCUT2D eigenvalue weighted by atomic mass is 10.2. The number of hydrogen-bond donors (Lipinski definition) is 0. The third kappa shape index (κ3) is 3.79. The van der Waals surface area contributed by atoms with E-state index in [1.54, 1.807) is 0 Å². The van der Waals surface area contributed by atoms with Crippen LogP contribution in [0.5, 0.6) is 0 Å². The molecule has 0 atom stereocenters. The average molecular weight is 407 g/mol. The first-order valence-electron chi connectivity index (χ1n) is 8.06. The molecule has 0 spiro atoms. The molecule has 3 aromatic heterocycles. The van der Waals surface area contributed by atoms with Gasteiger partial charge in [-0.05, 0) is 34.1 Å². The highest BCUT2D eigenvalue weighted by molar-refractivity contribution is 9.10. The second kappa shape index (κ2) is 6.82. The fourth-order valence-corrected chi connectivity index (χ4v) is 3.74. The van der Waals surface area contributed by atoms with Crippen LogP contribution in [0.25, 0.3) is 22.3 Å². The molecule has 0 aliphatic rings. The molecule has 0 unspecified atom stereocenters. The van der Waals surface area contributed by atoms with Gasteiger partial charge in [0, 0.05) is 49.5 Å². The summed E-state index contributed by atoms with van der Waals surface area (Å²) in [7, 11) is 0.839. The molecule has 5 nitrogen and oxygen atoms in total. The quantitative estimate of drug-likeness (QED) is 0.446. The third-order valence-corrected chi connectivity index (χ3v) is 6.36. The van der Waals surface area contributed by atoms with Crippen molar-refractivity contribution in [1.29, 1.82) is 0 Å². The normalized spacial score (nSPS) is 12.2. The molecule has 7 heteroatoms. The molecule has 0 N–H and O–H groups in total. The maximum atomic E-state index is 5.99. The van der Waals surface area contributed by atoms with Gasteiger partial charge in [-0.2, -0.15) is 5.10 Å². The number of ether oxygens (including phenoxy) is 1. The van der Waals surface area contributed by atoms with Crippen LogP contribution in [0.3, 0.4) is 0 Å². The van der Waals surface area contributed by atoms with Crippen molar-refractivity contribution in [2.24, 2.45) is 7.05 Å². The summed E-state index contributed by atoms with van der Waals surface area (Å²) in [4.78, 5) is 4.56. The smallest absolute Gasteiger partial charge is 0.143 e. The Bertz CT molecular complexity index is 850. The van der Waals surface area contributed by atoms with Gasteiger partial charge < -0.3 is 9.30 Å². The van der Waals surface area contributed by atoms with Crippen molar-refractivity contribution < 1.29 is 4.74 Å². The fourth-order valence-electron chi connectivity index (χ4n) is 2.57. The van der Waals surface area contributed by atoms with E-state index in [1.165, 1.54) is 0 Å². The Kier molecular flexibility index (Phi) is 4.94. The van der Waals surface area contributed by atoms with Gasteiger partial charge in [0.1, 0.15) is 12.4 Å². The molecule has 0 amide bonds. The van der Waals surface area contributed by atoms with E-state index in [0.717, 1.165) is 39.4 Å². The minimum Gasteiger partial charge on any atom is -0.361 e. The molecule has 0 bridgehead atoms. The first-order chi connectivity index (χ1) is 11.3. The predicted octanol–water partition coefficient (Wildman–Crippen LogP) is 4.51. The van der Waals surface area contributed by atoms with Gasteiger partial charge in [-0.3, -0.25) is 4.68 Å². The zero-order chi connectivity index (χ0) is 17.3. The summed E-state index contributed by atoms with van der Waals surface area (Å²) < 4.78 is 11.0. The summed E-state index contributed by atoms with van der Waals surface area (Å²) in [6, 6.07) is 5.27. The highest BCUT2D eigenvalue weighted by atomic mass is 79.9. The number of hydrogen-bond acceptors (Lipinski definition) is 3. The molecule has 0 aliphatic carbocycles. The lowest BCUT2D eigenvalue weighted by Gasteiger charge is -2.16. The van der Waals surface area contributed by atoms with Crippen LogP contribution in [-0.4, -0.2) is 34.0 Å². The minimum absolute atomic E-state index is 0.502. The molecule has 3 heterocycles. The summed E-state index contributed by atoms with van der Waals surface area (Å²) in [5.74, 6) is 0. The summed E-state index contributed by atoms with van der Waals surface area (Å²) in [6.07, 6.45) is 5.71. The minimum atomic E-state index is -1.09. The van der Waals surface area contributed by atoms with Crippen LogP contribution in [0.15, 0.2) is 35.2 Å². The van der Waals surface area contributed by atoms with Gasteiger partial charge in [-0.1, -0.05) is 19.6 Å². The summed E-state index contributed by atoms with van der Waals surface area (Å²) in [6.45, 7) is 8.38. The molecule has 24 heavy (non-hydrogen) atoms. The Hall–Kier alpha value is -1.44. The van der Waals surface area contributed by atoms with Crippen molar-refractivity contribution in [3.8, 4) is 11.3 Å². The molecule has 0 fully saturated rings. The van der Waals surface area contributed by atoms with Crippen molar-refractivity contribution in [2.45, 2.75) is 32.4 Å².